The molecule has 0 bridgehead atoms. The highest BCUT2D eigenvalue weighted by molar-refractivity contribution is 7.03. The number of rotatable bonds is 4. The molecule has 7 heteroatoms. The third kappa shape index (κ3) is 4.33. The summed E-state index contributed by atoms with van der Waals surface area (Å²) in [6.07, 6.45) is 2.35. The molecular weight excluding hydrogens is 380 g/mol. The number of halogens is 1. The summed E-state index contributed by atoms with van der Waals surface area (Å²) >= 11 is 7.46. The monoisotopic (exact) mass is 404 g/mol. The second-order valence-corrected chi connectivity index (χ2v) is 8.92. The Labute approximate surface area is 169 Å². The van der Waals surface area contributed by atoms with E-state index < -0.39 is 0 Å². The Bertz CT molecular complexity index is 767. The van der Waals surface area contributed by atoms with Gasteiger partial charge in [-0.05, 0) is 48.0 Å². The number of carbonyl (C=O) groups is 1. The zero-order valence-electron chi connectivity index (χ0n) is 15.6. The molecule has 2 aromatic rings. The predicted octanol–water partition coefficient (Wildman–Crippen LogP) is 3.63. The second-order valence-electron chi connectivity index (χ2n) is 7.88. The van der Waals surface area contributed by atoms with E-state index in [9.17, 15) is 4.79 Å². The zero-order chi connectivity index (χ0) is 18.8. The van der Waals surface area contributed by atoms with Crippen molar-refractivity contribution in [2.45, 2.75) is 31.6 Å². The van der Waals surface area contributed by atoms with Gasteiger partial charge in [-0.15, -0.1) is 5.10 Å². The van der Waals surface area contributed by atoms with Crippen LogP contribution in [0.2, 0.25) is 5.02 Å². The minimum absolute atomic E-state index is 0.258. The SMILES string of the molecule is C[C@H]1CCCN(C(=O)CN2C[C@H](c3ccc(Cl)cc3)[C@@H](c3csnn3)C2)C1. The van der Waals surface area contributed by atoms with E-state index in [1.54, 1.807) is 0 Å². The van der Waals surface area contributed by atoms with E-state index >= 15 is 0 Å². The predicted molar refractivity (Wildman–Crippen MR) is 108 cm³/mol. The molecule has 2 aliphatic rings. The first kappa shape index (κ1) is 18.8. The number of hydrogen-bond acceptors (Lipinski definition) is 5. The molecule has 0 N–H and O–H groups in total. The second kappa shape index (κ2) is 8.25. The van der Waals surface area contributed by atoms with Crippen molar-refractivity contribution >= 4 is 29.0 Å². The van der Waals surface area contributed by atoms with Gasteiger partial charge in [-0.3, -0.25) is 9.69 Å². The van der Waals surface area contributed by atoms with Crippen LogP contribution in [0.5, 0.6) is 0 Å². The van der Waals surface area contributed by atoms with Gasteiger partial charge in [0.15, 0.2) is 0 Å². The van der Waals surface area contributed by atoms with Gasteiger partial charge >= 0.3 is 0 Å². The summed E-state index contributed by atoms with van der Waals surface area (Å²) in [7, 11) is 0. The summed E-state index contributed by atoms with van der Waals surface area (Å²) in [4.78, 5) is 17.1. The van der Waals surface area contributed by atoms with E-state index in [-0.39, 0.29) is 11.8 Å². The molecule has 0 radical (unpaired) electrons. The lowest BCUT2D eigenvalue weighted by atomic mass is 9.87. The van der Waals surface area contributed by atoms with Crippen LogP contribution >= 0.6 is 23.1 Å². The van der Waals surface area contributed by atoms with Crippen molar-refractivity contribution in [3.63, 3.8) is 0 Å². The van der Waals surface area contributed by atoms with E-state index in [2.05, 4.69) is 33.5 Å². The highest BCUT2D eigenvalue weighted by Gasteiger charge is 2.37. The number of benzene rings is 1. The van der Waals surface area contributed by atoms with E-state index in [1.165, 1.54) is 23.5 Å². The molecule has 1 aromatic heterocycles. The standard InChI is InChI=1S/C20H25ClN4OS/c1-14-3-2-8-25(9-14)20(26)12-24-10-17(15-4-6-16(21)7-5-15)18(11-24)19-13-27-23-22-19/h4-7,13-14,17-18H,2-3,8-12H2,1H3/t14-,17+,18-/m0/s1. The fourth-order valence-electron chi connectivity index (χ4n) is 4.40. The smallest absolute Gasteiger partial charge is 0.236 e. The van der Waals surface area contributed by atoms with Crippen molar-refractivity contribution in [3.05, 3.63) is 45.9 Å². The minimum Gasteiger partial charge on any atom is -0.341 e. The lowest BCUT2D eigenvalue weighted by Crippen LogP contribution is -2.44. The molecule has 2 fully saturated rings. The molecule has 144 valence electrons. The molecule has 0 spiro atoms. The summed E-state index contributed by atoms with van der Waals surface area (Å²) < 4.78 is 4.05. The first-order valence-electron chi connectivity index (χ1n) is 9.62. The fourth-order valence-corrected chi connectivity index (χ4v) is 5.05. The summed E-state index contributed by atoms with van der Waals surface area (Å²) in [5, 5.41) is 7.10. The van der Waals surface area contributed by atoms with Crippen molar-refractivity contribution < 1.29 is 4.79 Å². The van der Waals surface area contributed by atoms with Gasteiger partial charge < -0.3 is 4.90 Å². The zero-order valence-corrected chi connectivity index (χ0v) is 17.1. The van der Waals surface area contributed by atoms with Gasteiger partial charge in [-0.1, -0.05) is 35.1 Å². The van der Waals surface area contributed by atoms with Gasteiger partial charge in [0.25, 0.3) is 0 Å². The van der Waals surface area contributed by atoms with Crippen LogP contribution in [0.3, 0.4) is 0 Å². The summed E-state index contributed by atoms with van der Waals surface area (Å²) in [5.41, 5.74) is 2.28. The van der Waals surface area contributed by atoms with E-state index in [0.717, 1.165) is 43.3 Å². The van der Waals surface area contributed by atoms with Crippen LogP contribution in [0, 0.1) is 5.92 Å². The van der Waals surface area contributed by atoms with Crippen LogP contribution in [0.15, 0.2) is 29.6 Å². The molecule has 2 saturated heterocycles. The quantitative estimate of drug-likeness (QED) is 0.780. The Kier molecular flexibility index (Phi) is 5.76. The maximum absolute atomic E-state index is 12.8. The van der Waals surface area contributed by atoms with Crippen LogP contribution in [-0.2, 0) is 4.79 Å². The average Bonchev–Trinajstić information content (AvgIpc) is 3.32. The van der Waals surface area contributed by atoms with Gasteiger partial charge in [-0.25, -0.2) is 0 Å². The summed E-state index contributed by atoms with van der Waals surface area (Å²) in [5.74, 6) is 1.43. The molecule has 5 nitrogen and oxygen atoms in total. The van der Waals surface area contributed by atoms with Gasteiger partial charge in [0, 0.05) is 48.4 Å². The van der Waals surface area contributed by atoms with Crippen LogP contribution in [-0.4, -0.2) is 58.0 Å². The molecule has 3 heterocycles. The molecule has 4 rings (SSSR count). The summed E-state index contributed by atoms with van der Waals surface area (Å²) in [6, 6.07) is 8.07. The lowest BCUT2D eigenvalue weighted by Gasteiger charge is -2.32. The summed E-state index contributed by atoms with van der Waals surface area (Å²) in [6.45, 7) is 6.22. The largest absolute Gasteiger partial charge is 0.341 e. The Morgan fingerprint density at radius 2 is 2.00 bits per heavy atom. The van der Waals surface area contributed by atoms with E-state index in [4.69, 9.17) is 11.6 Å². The van der Waals surface area contributed by atoms with Crippen LogP contribution in [0.1, 0.15) is 42.9 Å². The van der Waals surface area contributed by atoms with Gasteiger partial charge in [0.2, 0.25) is 5.91 Å². The highest BCUT2D eigenvalue weighted by Crippen LogP contribution is 2.39. The third-order valence-corrected chi connectivity index (χ3v) is 6.59. The number of piperidine rings is 1. The molecule has 3 atom stereocenters. The van der Waals surface area contributed by atoms with Crippen LogP contribution < -0.4 is 0 Å². The van der Waals surface area contributed by atoms with Crippen LogP contribution in [0.4, 0.5) is 0 Å². The normalized spacial score (nSPS) is 26.4. The molecule has 0 aliphatic carbocycles. The van der Waals surface area contributed by atoms with Gasteiger partial charge in [0.1, 0.15) is 0 Å². The van der Waals surface area contributed by atoms with Crippen molar-refractivity contribution in [3.8, 4) is 0 Å². The maximum Gasteiger partial charge on any atom is 0.236 e. The van der Waals surface area contributed by atoms with Crippen molar-refractivity contribution in [1.82, 2.24) is 19.4 Å². The first-order chi connectivity index (χ1) is 13.1. The lowest BCUT2D eigenvalue weighted by molar-refractivity contribution is -0.133. The Morgan fingerprint density at radius 1 is 1.22 bits per heavy atom. The maximum atomic E-state index is 12.8. The van der Waals surface area contributed by atoms with Crippen molar-refractivity contribution in [2.24, 2.45) is 5.92 Å². The van der Waals surface area contributed by atoms with Gasteiger partial charge in [-0.2, -0.15) is 0 Å². The van der Waals surface area contributed by atoms with Crippen molar-refractivity contribution in [2.75, 3.05) is 32.7 Å². The molecule has 1 aromatic carbocycles. The Morgan fingerprint density at radius 3 is 2.70 bits per heavy atom. The molecular formula is C20H25ClN4OS. The number of hydrogen-bond donors (Lipinski definition) is 0. The minimum atomic E-state index is 0.258. The number of aromatic nitrogens is 2. The number of carbonyl (C=O) groups excluding carboxylic acids is 1. The fraction of sp³-hybridized carbons (Fsp3) is 0.550. The van der Waals surface area contributed by atoms with E-state index in [0.29, 0.717) is 18.4 Å². The molecule has 0 unspecified atom stereocenters. The number of amides is 1. The van der Waals surface area contributed by atoms with Crippen molar-refractivity contribution in [1.29, 1.82) is 0 Å². The first-order valence-corrected chi connectivity index (χ1v) is 10.8. The van der Waals surface area contributed by atoms with E-state index in [1.807, 2.05) is 22.4 Å². The molecule has 2 aliphatic heterocycles. The molecule has 27 heavy (non-hydrogen) atoms. The topological polar surface area (TPSA) is 49.3 Å². The number of likely N-dealkylation sites (tertiary alicyclic amines) is 2. The number of nitrogens with zero attached hydrogens (tertiary/aromatic N) is 4. The molecule has 0 saturated carbocycles. The van der Waals surface area contributed by atoms with Crippen LogP contribution in [0.25, 0.3) is 0 Å². The molecule has 1 amide bonds. The Hall–Kier alpha value is -1.50. The Balaban J connectivity index is 1.48. The third-order valence-electron chi connectivity index (χ3n) is 5.82. The average molecular weight is 405 g/mol. The highest BCUT2D eigenvalue weighted by atomic mass is 35.5. The van der Waals surface area contributed by atoms with Gasteiger partial charge in [0.05, 0.1) is 12.2 Å².